The van der Waals surface area contributed by atoms with E-state index in [9.17, 15) is 4.79 Å². The average Bonchev–Trinajstić information content (AvgIpc) is 3.33. The van der Waals surface area contributed by atoms with Gasteiger partial charge >= 0.3 is 0 Å². The lowest BCUT2D eigenvalue weighted by molar-refractivity contribution is 0.0816. The highest BCUT2D eigenvalue weighted by atomic mass is 28.3. The fourth-order valence-electron chi connectivity index (χ4n) is 4.66. The summed E-state index contributed by atoms with van der Waals surface area (Å²) in [5, 5.41) is 9.16. The van der Waals surface area contributed by atoms with Crippen LogP contribution in [0.5, 0.6) is 0 Å². The van der Waals surface area contributed by atoms with Gasteiger partial charge in [0.2, 0.25) is 0 Å². The molecule has 0 saturated carbocycles. The van der Waals surface area contributed by atoms with Crippen molar-refractivity contribution < 1.29 is 9.53 Å². The van der Waals surface area contributed by atoms with Crippen molar-refractivity contribution in [1.29, 1.82) is 0 Å². The highest BCUT2D eigenvalue weighted by molar-refractivity contribution is 6.76. The summed E-state index contributed by atoms with van der Waals surface area (Å²) in [4.78, 5) is 13.7. The lowest BCUT2D eigenvalue weighted by Gasteiger charge is -2.15. The van der Waals surface area contributed by atoms with Gasteiger partial charge < -0.3 is 15.8 Å². The maximum absolute atomic E-state index is 13.7. The molecule has 1 aromatic heterocycles. The van der Waals surface area contributed by atoms with Gasteiger partial charge in [0.1, 0.15) is 12.4 Å². The number of nitrogens with zero attached hydrogens (tertiary/aromatic N) is 2. The summed E-state index contributed by atoms with van der Waals surface area (Å²) in [5.74, 6) is -0.0660. The van der Waals surface area contributed by atoms with Gasteiger partial charge in [0.25, 0.3) is 0 Å². The van der Waals surface area contributed by atoms with Crippen LogP contribution in [0.3, 0.4) is 0 Å². The molecule has 0 aliphatic heterocycles. The maximum Gasteiger partial charge on any atom is 0.193 e. The Morgan fingerprint density at radius 2 is 1.61 bits per heavy atom. The van der Waals surface area contributed by atoms with Crippen molar-refractivity contribution >= 4 is 47.4 Å². The Bertz CT molecular complexity index is 1700. The number of benzene rings is 4. The van der Waals surface area contributed by atoms with Crippen LogP contribution in [0.15, 0.2) is 104 Å². The number of para-hydroxylation sites is 2. The van der Waals surface area contributed by atoms with E-state index in [0.717, 1.165) is 45.2 Å². The summed E-state index contributed by atoms with van der Waals surface area (Å²) >= 11 is 0. The minimum Gasteiger partial charge on any atom is -0.398 e. The van der Waals surface area contributed by atoms with Crippen LogP contribution >= 0.6 is 0 Å². The molecule has 0 unspecified atom stereocenters. The first-order valence-electron chi connectivity index (χ1n) is 13.8. The first kappa shape index (κ1) is 28.1. The summed E-state index contributed by atoms with van der Waals surface area (Å²) in [7, 11) is -1.24. The molecule has 0 amide bonds. The van der Waals surface area contributed by atoms with Crippen molar-refractivity contribution in [3.05, 3.63) is 126 Å². The molecule has 0 aliphatic carbocycles. The molecule has 41 heavy (non-hydrogen) atoms. The monoisotopic (exact) mass is 560 g/mol. The largest absolute Gasteiger partial charge is 0.398 e. The second-order valence-corrected chi connectivity index (χ2v) is 17.0. The third kappa shape index (κ3) is 6.65. The molecule has 0 saturated heterocycles. The number of carbonyl (C=O) groups is 1. The standard InChI is InChI=1S/C34H36N4O2Si/c1-24(29-15-8-9-16-31(29)35)33-30-18-17-26(22-32(30)38(37-33)23-40-19-20-41(2,3)4)34(39)25-11-10-14-28(21-25)36-27-12-6-5-7-13-27/h5-18,21-22,36H,1,19-20,23,35H2,2-4H3. The smallest absolute Gasteiger partial charge is 0.193 e. The zero-order valence-corrected chi connectivity index (χ0v) is 24.9. The first-order valence-corrected chi connectivity index (χ1v) is 17.5. The van der Waals surface area contributed by atoms with Gasteiger partial charge in [-0.2, -0.15) is 5.10 Å². The number of fused-ring (bicyclic) bond motifs is 1. The van der Waals surface area contributed by atoms with Crippen molar-refractivity contribution in [2.24, 2.45) is 0 Å². The Balaban J connectivity index is 1.48. The fourth-order valence-corrected chi connectivity index (χ4v) is 5.41. The topological polar surface area (TPSA) is 82.2 Å². The molecule has 5 rings (SSSR count). The van der Waals surface area contributed by atoms with E-state index in [1.165, 1.54) is 0 Å². The van der Waals surface area contributed by atoms with Crippen molar-refractivity contribution in [1.82, 2.24) is 9.78 Å². The number of hydrogen-bond acceptors (Lipinski definition) is 5. The van der Waals surface area contributed by atoms with Crippen LogP contribution < -0.4 is 11.1 Å². The summed E-state index contributed by atoms with van der Waals surface area (Å²) in [5.41, 5.74) is 13.0. The average molecular weight is 561 g/mol. The van der Waals surface area contributed by atoms with Gasteiger partial charge in [-0.05, 0) is 48.5 Å². The van der Waals surface area contributed by atoms with Crippen molar-refractivity contribution in [2.75, 3.05) is 17.7 Å². The minimum atomic E-state index is -1.24. The van der Waals surface area contributed by atoms with Crippen LogP contribution in [-0.2, 0) is 11.5 Å². The van der Waals surface area contributed by atoms with Crippen LogP contribution in [0.2, 0.25) is 25.7 Å². The molecule has 0 bridgehead atoms. The van der Waals surface area contributed by atoms with E-state index < -0.39 is 8.07 Å². The molecule has 3 N–H and O–H groups in total. The van der Waals surface area contributed by atoms with E-state index in [1.54, 1.807) is 0 Å². The molecule has 0 fully saturated rings. The molecule has 0 aliphatic rings. The highest BCUT2D eigenvalue weighted by Crippen LogP contribution is 2.32. The molecule has 4 aromatic carbocycles. The molecule has 0 spiro atoms. The Morgan fingerprint density at radius 3 is 2.37 bits per heavy atom. The first-order chi connectivity index (χ1) is 19.7. The number of nitrogens with one attached hydrogen (secondary N) is 1. The predicted molar refractivity (Wildman–Crippen MR) is 172 cm³/mol. The maximum atomic E-state index is 13.7. The number of nitrogen functional groups attached to an aromatic ring is 1. The normalized spacial score (nSPS) is 11.5. The van der Waals surface area contributed by atoms with E-state index in [2.05, 4.69) is 31.5 Å². The number of aromatic nitrogens is 2. The summed E-state index contributed by atoms with van der Waals surface area (Å²) in [6, 6.07) is 31.8. The highest BCUT2D eigenvalue weighted by Gasteiger charge is 2.19. The van der Waals surface area contributed by atoms with Crippen LogP contribution in [0.4, 0.5) is 17.1 Å². The number of anilines is 3. The van der Waals surface area contributed by atoms with E-state index in [0.29, 0.717) is 23.4 Å². The van der Waals surface area contributed by atoms with Crippen LogP contribution in [-0.4, -0.2) is 30.2 Å². The van der Waals surface area contributed by atoms with Crippen molar-refractivity contribution in [3.63, 3.8) is 0 Å². The van der Waals surface area contributed by atoms with E-state index in [4.69, 9.17) is 15.6 Å². The molecule has 7 heteroatoms. The zero-order valence-electron chi connectivity index (χ0n) is 23.9. The van der Waals surface area contributed by atoms with Crippen LogP contribution in [0.1, 0.15) is 27.2 Å². The number of ketones is 1. The quantitative estimate of drug-likeness (QED) is 0.0741. The minimum absolute atomic E-state index is 0.0660. The molecule has 1 heterocycles. The third-order valence-corrected chi connectivity index (χ3v) is 8.69. The van der Waals surface area contributed by atoms with Gasteiger partial charge in [-0.15, -0.1) is 0 Å². The number of rotatable bonds is 11. The van der Waals surface area contributed by atoms with Gasteiger partial charge in [-0.25, -0.2) is 4.68 Å². The second kappa shape index (κ2) is 12.0. The number of ether oxygens (including phenoxy) is 1. The Hall–Kier alpha value is -4.46. The van der Waals surface area contributed by atoms with Gasteiger partial charge in [-0.1, -0.05) is 80.8 Å². The molecular formula is C34H36N4O2Si. The van der Waals surface area contributed by atoms with E-state index in [1.807, 2.05) is 102 Å². The number of nitrogens with two attached hydrogens (primary N) is 1. The van der Waals surface area contributed by atoms with Gasteiger partial charge in [0, 0.05) is 59.4 Å². The Kier molecular flexibility index (Phi) is 8.19. The lowest BCUT2D eigenvalue weighted by atomic mass is 9.98. The van der Waals surface area contributed by atoms with Gasteiger partial charge in [0.15, 0.2) is 5.78 Å². The van der Waals surface area contributed by atoms with E-state index >= 15 is 0 Å². The van der Waals surface area contributed by atoms with Crippen LogP contribution in [0.25, 0.3) is 16.5 Å². The second-order valence-electron chi connectivity index (χ2n) is 11.4. The zero-order chi connectivity index (χ0) is 29.0. The number of carbonyl (C=O) groups excluding carboxylic acids is 1. The molecule has 6 nitrogen and oxygen atoms in total. The summed E-state index contributed by atoms with van der Waals surface area (Å²) in [6.45, 7) is 12.3. The SMILES string of the molecule is C=C(c1ccccc1N)c1nn(COCC[Si](C)(C)C)c2cc(C(=O)c3cccc(Nc4ccccc4)c3)ccc12. The fraction of sp³-hybridized carbons (Fsp3) is 0.176. The lowest BCUT2D eigenvalue weighted by Crippen LogP contribution is -2.22. The summed E-state index contributed by atoms with van der Waals surface area (Å²) in [6.07, 6.45) is 0. The molecular weight excluding hydrogens is 524 g/mol. The van der Waals surface area contributed by atoms with Crippen LogP contribution in [0, 0.1) is 0 Å². The Morgan fingerprint density at radius 1 is 0.902 bits per heavy atom. The third-order valence-electron chi connectivity index (χ3n) is 6.98. The predicted octanol–water partition coefficient (Wildman–Crippen LogP) is 7.97. The van der Waals surface area contributed by atoms with Crippen molar-refractivity contribution in [2.45, 2.75) is 32.4 Å². The molecule has 0 radical (unpaired) electrons. The Labute approximate surface area is 242 Å². The van der Waals surface area contributed by atoms with Gasteiger partial charge in [-0.3, -0.25) is 4.79 Å². The molecule has 0 atom stereocenters. The van der Waals surface area contributed by atoms with Gasteiger partial charge in [0.05, 0.1) is 5.52 Å². The summed E-state index contributed by atoms with van der Waals surface area (Å²) < 4.78 is 7.89. The number of hydrogen-bond donors (Lipinski definition) is 2. The molecule has 208 valence electrons. The molecule has 5 aromatic rings. The van der Waals surface area contributed by atoms with E-state index in [-0.39, 0.29) is 12.5 Å². The van der Waals surface area contributed by atoms with Crippen molar-refractivity contribution in [3.8, 4) is 0 Å².